The van der Waals surface area contributed by atoms with Crippen molar-refractivity contribution in [1.82, 2.24) is 30.7 Å². The van der Waals surface area contributed by atoms with Crippen molar-refractivity contribution in [3.8, 4) is 0 Å². The Morgan fingerprint density at radius 3 is 2.06 bits per heavy atom. The lowest BCUT2D eigenvalue weighted by molar-refractivity contribution is -0.137. The number of nitrogens with one attached hydrogen (secondary N) is 3. The van der Waals surface area contributed by atoms with E-state index in [1.165, 1.54) is 0 Å². The number of rotatable bonds is 14. The summed E-state index contributed by atoms with van der Waals surface area (Å²) in [4.78, 5) is 53.4. The third-order valence-corrected chi connectivity index (χ3v) is 6.15. The zero-order valence-corrected chi connectivity index (χ0v) is 19.8. The molecule has 2 aliphatic heterocycles. The maximum absolute atomic E-state index is 12.3. The van der Waals surface area contributed by atoms with Gasteiger partial charge in [0, 0.05) is 77.7 Å². The number of piperazine rings is 1. The first kappa shape index (κ1) is 27.0. The van der Waals surface area contributed by atoms with E-state index in [4.69, 9.17) is 5.11 Å². The van der Waals surface area contributed by atoms with E-state index >= 15 is 0 Å². The second-order valence-corrected chi connectivity index (χ2v) is 8.92. The van der Waals surface area contributed by atoms with Crippen molar-refractivity contribution >= 4 is 23.7 Å². The van der Waals surface area contributed by atoms with Crippen molar-refractivity contribution < 1.29 is 24.3 Å². The zero-order valence-electron chi connectivity index (χ0n) is 19.8. The molecule has 2 aliphatic rings. The molecule has 0 aromatic carbocycles. The van der Waals surface area contributed by atoms with Gasteiger partial charge in [-0.15, -0.1) is 0 Å². The molecule has 2 rings (SSSR count). The summed E-state index contributed by atoms with van der Waals surface area (Å²) in [5.41, 5.74) is 0. The number of hydrogen-bond donors (Lipinski definition) is 4. The molecule has 0 bridgehead atoms. The second kappa shape index (κ2) is 14.8. The monoisotopic (exact) mass is 482 g/mol. The quantitative estimate of drug-likeness (QED) is 0.136. The van der Waals surface area contributed by atoms with Crippen molar-refractivity contribution in [1.29, 1.82) is 0 Å². The van der Waals surface area contributed by atoms with E-state index < -0.39 is 5.97 Å². The third-order valence-electron chi connectivity index (χ3n) is 6.15. The standard InChI is InChI=1S/C22H40N6O5/c1-26-12-14-27(15-13-26)16-18-4-3-11-28(18)17-21(31)25-10-7-20(30)24-9-6-19(29)23-8-2-5-22(32)33/h18H,2-17H2,1H3,(H,23,29)(H,24,30)(H,25,31)(H,32,33)/i1+1,5+1,6+1,7+1,9+1,10+1,12+1,14+1,19+1,20+1,22+1,26+1,27+1,28+1. The van der Waals surface area contributed by atoms with Crippen LogP contribution in [0.5, 0.6) is 0 Å². The van der Waals surface area contributed by atoms with Crippen LogP contribution in [0.25, 0.3) is 0 Å². The number of likely N-dealkylation sites (tertiary alicyclic amines) is 1. The summed E-state index contributed by atoms with van der Waals surface area (Å²) in [7, 11) is 2.15. The van der Waals surface area contributed by atoms with Crippen LogP contribution >= 0.6 is 0 Å². The van der Waals surface area contributed by atoms with Crippen molar-refractivity contribution in [3.05, 3.63) is 0 Å². The fourth-order valence-electron chi connectivity index (χ4n) is 4.15. The van der Waals surface area contributed by atoms with Crippen LogP contribution in [0.1, 0.15) is 38.5 Å². The molecule has 33 heavy (non-hydrogen) atoms. The molecule has 11 heteroatoms. The summed E-state index contributed by atoms with van der Waals surface area (Å²) in [5, 5.41) is 16.6. The molecule has 0 aliphatic carbocycles. The average Bonchev–Trinajstić information content (AvgIpc) is 3.19. The Labute approximate surface area is 196 Å². The number of nitrogens with zero attached hydrogens (tertiary/aromatic N) is 3. The Morgan fingerprint density at radius 1 is 0.818 bits per heavy atom. The molecule has 0 aromatic rings. The second-order valence-electron chi connectivity index (χ2n) is 8.92. The van der Waals surface area contributed by atoms with E-state index in [0.29, 0.717) is 25.6 Å². The van der Waals surface area contributed by atoms with Gasteiger partial charge in [0.1, 0.15) is 0 Å². The van der Waals surface area contributed by atoms with Gasteiger partial charge in [-0.2, -0.15) is 0 Å². The number of carboxylic acids is 1. The largest absolute Gasteiger partial charge is 0.481 e. The number of likely N-dealkylation sites (N-methyl/N-ethyl adjacent to an activating group) is 1. The first-order valence-corrected chi connectivity index (χ1v) is 12.0. The molecule has 0 saturated carbocycles. The molecular formula is C22H40N6O5. The highest BCUT2D eigenvalue weighted by Crippen LogP contribution is 2.18. The van der Waals surface area contributed by atoms with Crippen LogP contribution in [0.15, 0.2) is 0 Å². The molecular weight excluding hydrogens is 442 g/mol. The molecule has 0 aromatic heterocycles. The molecule has 2 saturated heterocycles. The first-order valence-electron chi connectivity index (χ1n) is 12.0. The Hall–Kier alpha value is -2.24. The summed E-state index contributed by atoms with van der Waals surface area (Å²) in [6.45, 7) is 7.42. The minimum absolute atomic E-state index is 0.0113. The normalized spacial score (nSPS) is 19.8. The number of hydrogen-bond acceptors (Lipinski definition) is 7. The van der Waals surface area contributed by atoms with Gasteiger partial charge in [-0.25, -0.2) is 0 Å². The van der Waals surface area contributed by atoms with E-state index in [0.717, 1.165) is 52.1 Å². The Bertz CT molecular complexity index is 653. The molecule has 2 fully saturated rings. The molecule has 0 spiro atoms. The maximum atomic E-state index is 12.3. The molecule has 1 atom stereocenters. The molecule has 11 nitrogen and oxygen atoms in total. The van der Waals surface area contributed by atoms with E-state index in [2.05, 4.69) is 37.7 Å². The van der Waals surface area contributed by atoms with Crippen LogP contribution in [0.4, 0.5) is 0 Å². The van der Waals surface area contributed by atoms with Gasteiger partial charge in [0.2, 0.25) is 17.7 Å². The van der Waals surface area contributed by atoms with Crippen molar-refractivity contribution in [2.45, 2.75) is 44.6 Å². The minimum atomic E-state index is -0.894. The van der Waals surface area contributed by atoms with E-state index in [1.807, 2.05) is 0 Å². The molecule has 2 heterocycles. The van der Waals surface area contributed by atoms with Gasteiger partial charge >= 0.3 is 5.97 Å². The van der Waals surface area contributed by atoms with Crippen LogP contribution < -0.4 is 16.0 Å². The van der Waals surface area contributed by atoms with E-state index in [-0.39, 0.29) is 50.1 Å². The van der Waals surface area contributed by atoms with Gasteiger partial charge in [0.25, 0.3) is 0 Å². The maximum Gasteiger partial charge on any atom is 0.303 e. The zero-order chi connectivity index (χ0) is 24.1. The predicted molar refractivity (Wildman–Crippen MR) is 124 cm³/mol. The van der Waals surface area contributed by atoms with Crippen LogP contribution in [0.2, 0.25) is 0 Å². The van der Waals surface area contributed by atoms with Crippen LogP contribution in [0.3, 0.4) is 0 Å². The van der Waals surface area contributed by atoms with Gasteiger partial charge in [-0.05, 0) is 32.9 Å². The smallest absolute Gasteiger partial charge is 0.303 e. The lowest BCUT2D eigenvalue weighted by atomic mass is 10.2. The molecule has 3 amide bonds. The summed E-state index contributed by atoms with van der Waals surface area (Å²) >= 11 is 0. The number of amides is 3. The number of aliphatic carboxylic acids is 1. The van der Waals surface area contributed by atoms with Gasteiger partial charge in [0.15, 0.2) is 0 Å². The highest BCUT2D eigenvalue weighted by molar-refractivity contribution is 5.81. The number of carboxylic acid groups (broad SMARTS) is 1. The Kier molecular flexibility index (Phi) is 12.1. The molecule has 188 valence electrons. The number of carbonyl (C=O) groups excluding carboxylic acids is 3. The van der Waals surface area contributed by atoms with Gasteiger partial charge in [-0.3, -0.25) is 29.0 Å². The first-order chi connectivity index (χ1) is 15.8. The summed E-state index contributed by atoms with van der Waals surface area (Å²) < 4.78 is 0. The molecule has 0 radical (unpaired) electrons. The lowest BCUT2D eigenvalue weighted by Crippen LogP contribution is -2.50. The third kappa shape index (κ3) is 11.4. The van der Waals surface area contributed by atoms with Crippen LogP contribution in [-0.2, 0) is 19.2 Å². The summed E-state index contributed by atoms with van der Waals surface area (Å²) in [5.74, 6) is -1.41. The fourth-order valence-corrected chi connectivity index (χ4v) is 4.15. The average molecular weight is 482 g/mol. The SMILES string of the molecule is [13CH3][15N]1CC[15N](CC2CCC[15N]2CC(=O)N[13CH2][13CH2][13C](=O)N[13CH2][13CH2][13C](=O)NCC[13CH2][13C](=O)O)[13CH2][13CH2]1. The Balaban J connectivity index is 1.52. The highest BCUT2D eigenvalue weighted by Gasteiger charge is 2.28. The highest BCUT2D eigenvalue weighted by atomic mass is 16.5. The van der Waals surface area contributed by atoms with Gasteiger partial charge in [0.05, 0.1) is 6.54 Å². The Morgan fingerprint density at radius 2 is 1.42 bits per heavy atom. The minimum Gasteiger partial charge on any atom is -0.481 e. The summed E-state index contributed by atoms with van der Waals surface area (Å²) in [6, 6.07) is 0.415. The lowest BCUT2D eigenvalue weighted by Gasteiger charge is -2.36. The van der Waals surface area contributed by atoms with E-state index in [9.17, 15) is 19.2 Å². The number of carbonyl (C=O) groups is 4. The topological polar surface area (TPSA) is 134 Å². The van der Waals surface area contributed by atoms with Crippen molar-refractivity contribution in [3.63, 3.8) is 0 Å². The van der Waals surface area contributed by atoms with Gasteiger partial charge in [-0.1, -0.05) is 0 Å². The van der Waals surface area contributed by atoms with Crippen LogP contribution in [-0.4, -0.2) is 122 Å². The summed E-state index contributed by atoms with van der Waals surface area (Å²) in [6.07, 6.45) is 2.92. The van der Waals surface area contributed by atoms with E-state index in [1.54, 1.807) is 0 Å². The fraction of sp³-hybridized carbons (Fsp3) is 0.818. The van der Waals surface area contributed by atoms with Crippen LogP contribution in [0, 0.1) is 0 Å². The van der Waals surface area contributed by atoms with Gasteiger partial charge < -0.3 is 26.0 Å². The predicted octanol–water partition coefficient (Wildman–Crippen LogP) is -1.31. The molecule has 4 N–H and O–H groups in total. The van der Waals surface area contributed by atoms with Crippen molar-refractivity contribution in [2.24, 2.45) is 0 Å². The molecule has 1 unspecified atom stereocenters. The van der Waals surface area contributed by atoms with Crippen molar-refractivity contribution in [2.75, 3.05) is 72.5 Å².